The Morgan fingerprint density at radius 1 is 1.10 bits per heavy atom. The number of halogens is 1. The number of hydrogen-bond acceptors (Lipinski definition) is 3. The Morgan fingerprint density at radius 2 is 1.90 bits per heavy atom. The van der Waals surface area contributed by atoms with Gasteiger partial charge in [0.15, 0.2) is 15.8 Å². The molecule has 0 amide bonds. The molecule has 0 fully saturated rings. The molecule has 8 heteroatoms. The Balaban J connectivity index is 1.68. The van der Waals surface area contributed by atoms with Crippen LogP contribution in [0.25, 0.3) is 10.9 Å². The van der Waals surface area contributed by atoms with E-state index in [2.05, 4.69) is 45.7 Å². The molecule has 0 spiro atoms. The summed E-state index contributed by atoms with van der Waals surface area (Å²) in [6.07, 6.45) is 4.01. The van der Waals surface area contributed by atoms with Gasteiger partial charge in [0.05, 0.1) is 12.3 Å². The molecular formula is C23H29FN4O2S. The highest BCUT2D eigenvalue weighted by atomic mass is 32.2. The number of aromatic amines is 1. The fraction of sp³-hybridized carbons (Fsp3) is 0.348. The average Bonchev–Trinajstić information content (AvgIpc) is 3.09. The Labute approximate surface area is 182 Å². The summed E-state index contributed by atoms with van der Waals surface area (Å²) < 4.78 is 37.1. The van der Waals surface area contributed by atoms with Gasteiger partial charge >= 0.3 is 0 Å². The minimum absolute atomic E-state index is 0.137. The van der Waals surface area contributed by atoms with E-state index in [-0.39, 0.29) is 12.3 Å². The monoisotopic (exact) mass is 444 g/mol. The van der Waals surface area contributed by atoms with Crippen molar-refractivity contribution in [2.24, 2.45) is 4.99 Å². The second-order valence-corrected chi connectivity index (χ2v) is 9.86. The Bertz CT molecular complexity index is 1190. The Hall–Kier alpha value is -2.87. The van der Waals surface area contributed by atoms with Gasteiger partial charge in [0, 0.05) is 36.4 Å². The number of hydrogen-bond donors (Lipinski definition) is 3. The first kappa shape index (κ1) is 22.8. The molecule has 1 heterocycles. The zero-order valence-electron chi connectivity index (χ0n) is 18.1. The first-order chi connectivity index (χ1) is 14.7. The van der Waals surface area contributed by atoms with Gasteiger partial charge in [-0.2, -0.15) is 0 Å². The van der Waals surface area contributed by atoms with Crippen molar-refractivity contribution in [1.82, 2.24) is 15.6 Å². The van der Waals surface area contributed by atoms with Crippen molar-refractivity contribution in [2.75, 3.05) is 19.3 Å². The molecule has 1 aromatic heterocycles. The molecule has 6 nitrogen and oxygen atoms in total. The molecule has 0 bridgehead atoms. The molecular weight excluding hydrogens is 415 g/mol. The van der Waals surface area contributed by atoms with Crippen molar-refractivity contribution in [3.63, 3.8) is 0 Å². The summed E-state index contributed by atoms with van der Waals surface area (Å²) >= 11 is 0. The number of aryl methyl sites for hydroxylation is 1. The highest BCUT2D eigenvalue weighted by Crippen LogP contribution is 2.19. The number of nitrogens with one attached hydrogen (secondary N) is 3. The summed E-state index contributed by atoms with van der Waals surface area (Å²) in [7, 11) is -3.23. The lowest BCUT2D eigenvalue weighted by atomic mass is 10.1. The molecule has 31 heavy (non-hydrogen) atoms. The van der Waals surface area contributed by atoms with E-state index < -0.39 is 15.7 Å². The van der Waals surface area contributed by atoms with Crippen LogP contribution in [0.3, 0.4) is 0 Å². The SMILES string of the molecule is CCNC(=NCc1cc(F)ccc1CS(C)(=O)=O)NCCc1c[nH]c2cc(C)ccc12. The molecule has 0 atom stereocenters. The lowest BCUT2D eigenvalue weighted by Gasteiger charge is -2.12. The molecule has 0 aliphatic carbocycles. The van der Waals surface area contributed by atoms with Gasteiger partial charge in [-0.25, -0.2) is 17.8 Å². The van der Waals surface area contributed by atoms with Gasteiger partial charge in [0.25, 0.3) is 0 Å². The normalized spacial score (nSPS) is 12.3. The predicted molar refractivity (Wildman–Crippen MR) is 125 cm³/mol. The van der Waals surface area contributed by atoms with Crippen LogP contribution in [0.5, 0.6) is 0 Å². The molecule has 0 aliphatic rings. The maximum absolute atomic E-state index is 13.7. The van der Waals surface area contributed by atoms with Gasteiger partial charge in [-0.3, -0.25) is 0 Å². The first-order valence-corrected chi connectivity index (χ1v) is 12.3. The van der Waals surface area contributed by atoms with Crippen LogP contribution in [-0.2, 0) is 28.6 Å². The minimum atomic E-state index is -3.23. The summed E-state index contributed by atoms with van der Waals surface area (Å²) in [5.41, 5.74) is 4.69. The highest BCUT2D eigenvalue weighted by Gasteiger charge is 2.11. The molecule has 166 valence electrons. The standard InChI is InChI=1S/C23H29FN4O2S/c1-4-25-23(26-10-9-17-13-27-22-11-16(2)5-8-21(17)22)28-14-19-12-20(24)7-6-18(19)15-31(3,29)30/h5-8,11-13,27H,4,9-10,14-15H2,1-3H3,(H2,25,26,28). The zero-order valence-corrected chi connectivity index (χ0v) is 18.9. The number of nitrogens with zero attached hydrogens (tertiary/aromatic N) is 1. The average molecular weight is 445 g/mol. The van der Waals surface area contributed by atoms with Crippen LogP contribution in [-0.4, -0.2) is 38.7 Å². The van der Waals surface area contributed by atoms with Crippen LogP contribution in [0.15, 0.2) is 47.6 Å². The number of rotatable bonds is 8. The van der Waals surface area contributed by atoms with E-state index in [1.165, 1.54) is 41.0 Å². The number of guanidine groups is 1. The Morgan fingerprint density at radius 3 is 2.65 bits per heavy atom. The summed E-state index contributed by atoms with van der Waals surface area (Å²) in [6.45, 7) is 5.57. The van der Waals surface area contributed by atoms with E-state index in [1.807, 2.05) is 13.1 Å². The highest BCUT2D eigenvalue weighted by molar-refractivity contribution is 7.89. The quantitative estimate of drug-likeness (QED) is 0.367. The van der Waals surface area contributed by atoms with E-state index >= 15 is 0 Å². The second-order valence-electron chi connectivity index (χ2n) is 7.72. The molecule has 0 unspecified atom stereocenters. The van der Waals surface area contributed by atoms with Crippen molar-refractivity contribution < 1.29 is 12.8 Å². The minimum Gasteiger partial charge on any atom is -0.361 e. The summed E-state index contributed by atoms with van der Waals surface area (Å²) in [5.74, 6) is 0.0602. The van der Waals surface area contributed by atoms with E-state index in [0.717, 1.165) is 11.9 Å². The number of aliphatic imine (C=N–C) groups is 1. The van der Waals surface area contributed by atoms with Crippen molar-refractivity contribution in [2.45, 2.75) is 32.6 Å². The van der Waals surface area contributed by atoms with Crippen molar-refractivity contribution >= 4 is 26.7 Å². The van der Waals surface area contributed by atoms with Crippen LogP contribution in [0.2, 0.25) is 0 Å². The van der Waals surface area contributed by atoms with Crippen LogP contribution in [0, 0.1) is 12.7 Å². The molecule has 3 rings (SSSR count). The molecule has 0 saturated heterocycles. The molecule has 3 aromatic rings. The summed E-state index contributed by atoms with van der Waals surface area (Å²) in [5, 5.41) is 7.69. The van der Waals surface area contributed by atoms with Gasteiger partial charge in [0.2, 0.25) is 0 Å². The van der Waals surface area contributed by atoms with Crippen molar-refractivity contribution in [3.05, 3.63) is 70.7 Å². The fourth-order valence-corrected chi connectivity index (χ4v) is 4.34. The second kappa shape index (κ2) is 9.96. The van der Waals surface area contributed by atoms with Crippen molar-refractivity contribution in [3.8, 4) is 0 Å². The molecule has 2 aromatic carbocycles. The molecule has 3 N–H and O–H groups in total. The lowest BCUT2D eigenvalue weighted by Crippen LogP contribution is -2.38. The maximum atomic E-state index is 13.7. The van der Waals surface area contributed by atoms with Crippen molar-refractivity contribution in [1.29, 1.82) is 0 Å². The van der Waals surface area contributed by atoms with Crippen LogP contribution < -0.4 is 10.6 Å². The summed E-state index contributed by atoms with van der Waals surface area (Å²) in [4.78, 5) is 7.84. The van der Waals surface area contributed by atoms with Gasteiger partial charge < -0.3 is 15.6 Å². The predicted octanol–water partition coefficient (Wildman–Crippen LogP) is 3.46. The number of fused-ring (bicyclic) bond motifs is 1. The maximum Gasteiger partial charge on any atom is 0.191 e. The number of sulfone groups is 1. The molecule has 0 saturated carbocycles. The van der Waals surface area contributed by atoms with Gasteiger partial charge in [-0.05, 0) is 60.7 Å². The fourth-order valence-electron chi connectivity index (χ4n) is 3.49. The van der Waals surface area contributed by atoms with E-state index in [1.54, 1.807) is 0 Å². The van der Waals surface area contributed by atoms with Crippen LogP contribution >= 0.6 is 0 Å². The van der Waals surface area contributed by atoms with Gasteiger partial charge in [0.1, 0.15) is 5.82 Å². The summed E-state index contributed by atoms with van der Waals surface area (Å²) in [6, 6.07) is 10.5. The number of benzene rings is 2. The largest absolute Gasteiger partial charge is 0.361 e. The number of aromatic nitrogens is 1. The van der Waals surface area contributed by atoms with Gasteiger partial charge in [-0.1, -0.05) is 18.2 Å². The van der Waals surface area contributed by atoms with Crippen LogP contribution in [0.1, 0.15) is 29.2 Å². The lowest BCUT2D eigenvalue weighted by molar-refractivity contribution is 0.600. The van der Waals surface area contributed by atoms with E-state index in [4.69, 9.17) is 0 Å². The van der Waals surface area contributed by atoms with Gasteiger partial charge in [-0.15, -0.1) is 0 Å². The first-order valence-electron chi connectivity index (χ1n) is 10.3. The van der Waals surface area contributed by atoms with E-state index in [0.29, 0.717) is 30.2 Å². The number of H-pyrrole nitrogens is 1. The zero-order chi connectivity index (χ0) is 22.4. The third-order valence-corrected chi connectivity index (χ3v) is 5.78. The third kappa shape index (κ3) is 6.55. The Kier molecular flexibility index (Phi) is 7.33. The molecule has 0 radical (unpaired) electrons. The third-order valence-electron chi connectivity index (χ3n) is 4.95. The van der Waals surface area contributed by atoms with Crippen LogP contribution in [0.4, 0.5) is 4.39 Å². The smallest absolute Gasteiger partial charge is 0.191 e. The topological polar surface area (TPSA) is 86.3 Å². The van der Waals surface area contributed by atoms with E-state index in [9.17, 15) is 12.8 Å². The molecule has 0 aliphatic heterocycles.